The van der Waals surface area contributed by atoms with Crippen LogP contribution in [0.15, 0.2) is 18.5 Å². The molecular formula is C9H5IN2O3. The van der Waals surface area contributed by atoms with E-state index in [-0.39, 0.29) is 5.69 Å². The van der Waals surface area contributed by atoms with Crippen LogP contribution in [0.25, 0.3) is 5.65 Å². The summed E-state index contributed by atoms with van der Waals surface area (Å²) in [6.07, 6.45) is 3.64. The topological polar surface area (TPSA) is 71.7 Å². The Kier molecular flexibility index (Phi) is 2.43. The number of carboxylic acids is 1. The van der Waals surface area contributed by atoms with Crippen molar-refractivity contribution in [3.8, 4) is 0 Å². The van der Waals surface area contributed by atoms with Crippen molar-refractivity contribution in [2.24, 2.45) is 0 Å². The molecule has 0 saturated heterocycles. The summed E-state index contributed by atoms with van der Waals surface area (Å²) in [5.74, 6) is -1.08. The van der Waals surface area contributed by atoms with Crippen LogP contribution < -0.4 is 0 Å². The van der Waals surface area contributed by atoms with E-state index >= 15 is 0 Å². The van der Waals surface area contributed by atoms with Gasteiger partial charge in [-0.1, -0.05) is 0 Å². The molecule has 1 N–H and O–H groups in total. The van der Waals surface area contributed by atoms with Gasteiger partial charge in [-0.3, -0.25) is 4.79 Å². The molecule has 2 heterocycles. The number of halogens is 1. The number of aldehydes is 1. The Morgan fingerprint density at radius 1 is 1.53 bits per heavy atom. The maximum Gasteiger partial charge on any atom is 0.356 e. The second-order valence-corrected chi connectivity index (χ2v) is 4.06. The molecule has 2 aromatic heterocycles. The van der Waals surface area contributed by atoms with Gasteiger partial charge in [0.1, 0.15) is 0 Å². The Morgan fingerprint density at radius 3 is 2.87 bits per heavy atom. The molecule has 0 spiro atoms. The standard InChI is InChI=1S/C9H5IN2O3/c10-6-1-5(4-13)2-12-3-7(9(14)15)11-8(6)12/h1-4H,(H,14,15). The quantitative estimate of drug-likeness (QED) is 0.672. The molecule has 6 heteroatoms. The number of hydrogen-bond acceptors (Lipinski definition) is 3. The zero-order chi connectivity index (χ0) is 11.0. The molecule has 0 amide bonds. The van der Waals surface area contributed by atoms with Crippen LogP contribution in [0.3, 0.4) is 0 Å². The monoisotopic (exact) mass is 316 g/mol. The predicted octanol–water partition coefficient (Wildman–Crippen LogP) is 1.45. The van der Waals surface area contributed by atoms with Crippen LogP contribution in [0.4, 0.5) is 0 Å². The third-order valence-electron chi connectivity index (χ3n) is 1.88. The molecule has 76 valence electrons. The molecule has 0 bridgehead atoms. The Morgan fingerprint density at radius 2 is 2.27 bits per heavy atom. The van der Waals surface area contributed by atoms with Gasteiger partial charge in [0.25, 0.3) is 0 Å². The fourth-order valence-corrected chi connectivity index (χ4v) is 2.00. The third-order valence-corrected chi connectivity index (χ3v) is 2.68. The highest BCUT2D eigenvalue weighted by Gasteiger charge is 2.11. The number of hydrogen-bond donors (Lipinski definition) is 1. The molecule has 2 aromatic rings. The maximum absolute atomic E-state index is 10.7. The first-order valence-electron chi connectivity index (χ1n) is 3.98. The van der Waals surface area contributed by atoms with Crippen molar-refractivity contribution < 1.29 is 14.7 Å². The number of pyridine rings is 1. The second kappa shape index (κ2) is 3.61. The highest BCUT2D eigenvalue weighted by molar-refractivity contribution is 14.1. The van der Waals surface area contributed by atoms with E-state index in [1.807, 2.05) is 22.6 Å². The lowest BCUT2D eigenvalue weighted by atomic mass is 10.3. The Balaban J connectivity index is 2.75. The fourth-order valence-electron chi connectivity index (χ4n) is 1.24. The summed E-state index contributed by atoms with van der Waals surface area (Å²) in [6, 6.07) is 1.65. The minimum absolute atomic E-state index is 0.0315. The maximum atomic E-state index is 10.7. The molecule has 0 fully saturated rings. The summed E-state index contributed by atoms with van der Waals surface area (Å²) >= 11 is 2.01. The summed E-state index contributed by atoms with van der Waals surface area (Å²) < 4.78 is 2.28. The number of imidazole rings is 1. The van der Waals surface area contributed by atoms with Gasteiger partial charge in [0, 0.05) is 18.0 Å². The van der Waals surface area contributed by atoms with Crippen molar-refractivity contribution in [1.29, 1.82) is 0 Å². The summed E-state index contributed by atoms with van der Waals surface area (Å²) in [5.41, 5.74) is 0.996. The number of fused-ring (bicyclic) bond motifs is 1. The summed E-state index contributed by atoms with van der Waals surface area (Å²) in [4.78, 5) is 25.2. The number of carbonyl (C=O) groups is 2. The zero-order valence-corrected chi connectivity index (χ0v) is 9.50. The van der Waals surface area contributed by atoms with Crippen LogP contribution in [-0.2, 0) is 0 Å². The molecule has 0 aliphatic rings. The lowest BCUT2D eigenvalue weighted by Gasteiger charge is -1.96. The number of aromatic carboxylic acids is 1. The van der Waals surface area contributed by atoms with Crippen LogP contribution in [0, 0.1) is 3.57 Å². The van der Waals surface area contributed by atoms with E-state index in [1.165, 1.54) is 10.6 Å². The van der Waals surface area contributed by atoms with Crippen LogP contribution in [0.5, 0.6) is 0 Å². The van der Waals surface area contributed by atoms with Crippen molar-refractivity contribution in [1.82, 2.24) is 9.38 Å². The number of carboxylic acid groups (broad SMARTS) is 1. The zero-order valence-electron chi connectivity index (χ0n) is 7.35. The predicted molar refractivity (Wildman–Crippen MR) is 60.3 cm³/mol. The van der Waals surface area contributed by atoms with Crippen molar-refractivity contribution in [3.63, 3.8) is 0 Å². The van der Waals surface area contributed by atoms with Gasteiger partial charge in [-0.05, 0) is 28.7 Å². The summed E-state index contributed by atoms with van der Waals surface area (Å²) in [7, 11) is 0. The molecule has 15 heavy (non-hydrogen) atoms. The average molecular weight is 316 g/mol. The van der Waals surface area contributed by atoms with E-state index < -0.39 is 5.97 Å². The van der Waals surface area contributed by atoms with E-state index in [0.29, 0.717) is 17.5 Å². The fraction of sp³-hybridized carbons (Fsp3) is 0. The molecule has 0 aromatic carbocycles. The normalized spacial score (nSPS) is 10.5. The molecule has 0 atom stereocenters. The van der Waals surface area contributed by atoms with Gasteiger partial charge >= 0.3 is 5.97 Å². The molecule has 0 radical (unpaired) electrons. The van der Waals surface area contributed by atoms with E-state index in [9.17, 15) is 9.59 Å². The second-order valence-electron chi connectivity index (χ2n) is 2.90. The summed E-state index contributed by atoms with van der Waals surface area (Å²) in [6.45, 7) is 0. The molecule has 5 nitrogen and oxygen atoms in total. The number of aromatic nitrogens is 2. The van der Waals surface area contributed by atoms with Gasteiger partial charge in [-0.25, -0.2) is 9.78 Å². The van der Waals surface area contributed by atoms with Crippen molar-refractivity contribution in [3.05, 3.63) is 33.3 Å². The molecule has 0 unspecified atom stereocenters. The average Bonchev–Trinajstić information content (AvgIpc) is 2.61. The lowest BCUT2D eigenvalue weighted by molar-refractivity contribution is 0.0691. The van der Waals surface area contributed by atoms with Gasteiger partial charge < -0.3 is 9.51 Å². The largest absolute Gasteiger partial charge is 0.476 e. The van der Waals surface area contributed by atoms with Crippen LogP contribution in [-0.4, -0.2) is 26.7 Å². The van der Waals surface area contributed by atoms with Gasteiger partial charge in [0.15, 0.2) is 17.6 Å². The van der Waals surface area contributed by atoms with Crippen LogP contribution >= 0.6 is 22.6 Å². The van der Waals surface area contributed by atoms with Gasteiger partial charge in [-0.2, -0.15) is 0 Å². The third kappa shape index (κ3) is 1.72. The Hall–Kier alpha value is -1.44. The first-order valence-corrected chi connectivity index (χ1v) is 5.06. The van der Waals surface area contributed by atoms with Gasteiger partial charge in [0.05, 0.1) is 3.57 Å². The molecular weight excluding hydrogens is 311 g/mol. The first kappa shape index (κ1) is 10.1. The van der Waals surface area contributed by atoms with Crippen LogP contribution in [0.2, 0.25) is 0 Å². The first-order chi connectivity index (χ1) is 7.11. The molecule has 0 saturated carbocycles. The summed E-state index contributed by atoms with van der Waals surface area (Å²) in [5, 5.41) is 8.76. The number of carbonyl (C=O) groups excluding carboxylic acids is 1. The SMILES string of the molecule is O=Cc1cc(I)c2nc(C(=O)O)cn2c1. The van der Waals surface area contributed by atoms with Gasteiger partial charge in [-0.15, -0.1) is 0 Å². The smallest absolute Gasteiger partial charge is 0.356 e. The Bertz CT molecular complexity index is 562. The van der Waals surface area contributed by atoms with E-state index in [4.69, 9.17) is 5.11 Å². The van der Waals surface area contributed by atoms with E-state index in [2.05, 4.69) is 4.98 Å². The Labute approximate surface area is 97.9 Å². The lowest BCUT2D eigenvalue weighted by Crippen LogP contribution is -1.95. The molecule has 2 rings (SSSR count). The number of rotatable bonds is 2. The minimum Gasteiger partial charge on any atom is -0.476 e. The van der Waals surface area contributed by atoms with E-state index in [1.54, 1.807) is 12.3 Å². The highest BCUT2D eigenvalue weighted by atomic mass is 127. The van der Waals surface area contributed by atoms with Gasteiger partial charge in [0.2, 0.25) is 0 Å². The van der Waals surface area contributed by atoms with E-state index in [0.717, 1.165) is 3.57 Å². The van der Waals surface area contributed by atoms with Crippen LogP contribution in [0.1, 0.15) is 20.8 Å². The van der Waals surface area contributed by atoms with Crippen molar-refractivity contribution >= 4 is 40.5 Å². The minimum atomic E-state index is -1.08. The van der Waals surface area contributed by atoms with Crippen molar-refractivity contribution in [2.45, 2.75) is 0 Å². The molecule has 0 aliphatic carbocycles. The highest BCUT2D eigenvalue weighted by Crippen LogP contribution is 2.15. The van der Waals surface area contributed by atoms with Crippen molar-refractivity contribution in [2.75, 3.05) is 0 Å². The molecule has 0 aliphatic heterocycles. The number of nitrogens with zero attached hydrogens (tertiary/aromatic N) is 2.